The van der Waals surface area contributed by atoms with Crippen molar-refractivity contribution in [2.45, 2.75) is 12.8 Å². The van der Waals surface area contributed by atoms with E-state index in [9.17, 15) is 0 Å². The highest BCUT2D eigenvalue weighted by atomic mass is 35.5. The Morgan fingerprint density at radius 1 is 1.64 bits per heavy atom. The average Bonchev–Trinajstić information content (AvgIpc) is 2.66. The van der Waals surface area contributed by atoms with Crippen LogP contribution in [0.5, 0.6) is 0 Å². The molecule has 1 aromatic rings. The van der Waals surface area contributed by atoms with E-state index in [0.29, 0.717) is 5.88 Å². The number of nitrogens with zero attached hydrogens (tertiary/aromatic N) is 2. The van der Waals surface area contributed by atoms with Crippen LogP contribution >= 0.6 is 22.9 Å². The quantitative estimate of drug-likeness (QED) is 0.558. The lowest BCUT2D eigenvalue weighted by Crippen LogP contribution is -2.22. The molecule has 0 radical (unpaired) electrons. The van der Waals surface area contributed by atoms with Gasteiger partial charge in [-0.2, -0.15) is 0 Å². The number of alkyl halides is 1. The first-order chi connectivity index (χ1) is 6.77. The third-order valence-corrected chi connectivity index (χ3v) is 3.06. The molecule has 14 heavy (non-hydrogen) atoms. The Kier molecular flexibility index (Phi) is 5.22. The Morgan fingerprint density at radius 3 is 3.00 bits per heavy atom. The number of hydrogen-bond donors (Lipinski definition) is 0. The summed E-state index contributed by atoms with van der Waals surface area (Å²) in [6.07, 6.45) is 0. The number of ether oxygens (including phenoxy) is 1. The Bertz CT molecular complexity index is 267. The smallest absolute Gasteiger partial charge is 0.185 e. The van der Waals surface area contributed by atoms with Gasteiger partial charge in [0.15, 0.2) is 5.13 Å². The summed E-state index contributed by atoms with van der Waals surface area (Å²) in [4.78, 5) is 6.44. The van der Waals surface area contributed by atoms with E-state index >= 15 is 0 Å². The van der Waals surface area contributed by atoms with Crippen LogP contribution in [-0.2, 0) is 10.6 Å². The van der Waals surface area contributed by atoms with Crippen LogP contribution in [0, 0.1) is 0 Å². The van der Waals surface area contributed by atoms with Gasteiger partial charge in [0.25, 0.3) is 0 Å². The average molecular weight is 235 g/mol. The lowest BCUT2D eigenvalue weighted by molar-refractivity contribution is 0.154. The summed E-state index contributed by atoms with van der Waals surface area (Å²) in [5.41, 5.74) is 0.940. The minimum Gasteiger partial charge on any atom is -0.380 e. The van der Waals surface area contributed by atoms with E-state index in [0.717, 1.165) is 30.6 Å². The van der Waals surface area contributed by atoms with Gasteiger partial charge in [0.2, 0.25) is 0 Å². The molecule has 80 valence electrons. The van der Waals surface area contributed by atoms with Crippen LogP contribution in [0.4, 0.5) is 5.13 Å². The van der Waals surface area contributed by atoms with Crippen LogP contribution in [-0.4, -0.2) is 31.8 Å². The molecule has 0 spiro atoms. The monoisotopic (exact) mass is 234 g/mol. The molecule has 0 aromatic carbocycles. The fraction of sp³-hybridized carbons (Fsp3) is 0.667. The second kappa shape index (κ2) is 6.22. The van der Waals surface area contributed by atoms with Gasteiger partial charge in [0.05, 0.1) is 18.2 Å². The molecule has 0 atom stereocenters. The highest BCUT2D eigenvalue weighted by molar-refractivity contribution is 7.13. The van der Waals surface area contributed by atoms with Crippen LogP contribution < -0.4 is 4.90 Å². The normalized spacial score (nSPS) is 10.5. The SMILES string of the molecule is CCOCCN(C)c1nc(CCl)cs1. The van der Waals surface area contributed by atoms with Crippen molar-refractivity contribution in [3.63, 3.8) is 0 Å². The van der Waals surface area contributed by atoms with Gasteiger partial charge < -0.3 is 9.64 Å². The summed E-state index contributed by atoms with van der Waals surface area (Å²) < 4.78 is 5.27. The Balaban J connectivity index is 2.39. The number of halogens is 1. The topological polar surface area (TPSA) is 25.4 Å². The van der Waals surface area contributed by atoms with Gasteiger partial charge in [0, 0.05) is 25.6 Å². The van der Waals surface area contributed by atoms with Gasteiger partial charge in [-0.05, 0) is 6.92 Å². The Labute approximate surface area is 93.7 Å². The zero-order valence-electron chi connectivity index (χ0n) is 8.49. The molecular weight excluding hydrogens is 220 g/mol. The molecule has 0 saturated heterocycles. The summed E-state index contributed by atoms with van der Waals surface area (Å²) in [5, 5.41) is 2.99. The van der Waals surface area contributed by atoms with E-state index in [1.54, 1.807) is 11.3 Å². The van der Waals surface area contributed by atoms with E-state index in [-0.39, 0.29) is 0 Å². The van der Waals surface area contributed by atoms with Crippen molar-refractivity contribution < 1.29 is 4.74 Å². The zero-order chi connectivity index (χ0) is 10.4. The Hall–Kier alpha value is -0.320. The van der Waals surface area contributed by atoms with Crippen molar-refractivity contribution in [1.82, 2.24) is 4.98 Å². The number of anilines is 1. The number of likely N-dealkylation sites (N-methyl/N-ethyl adjacent to an activating group) is 1. The van der Waals surface area contributed by atoms with Crippen molar-refractivity contribution in [3.8, 4) is 0 Å². The number of aromatic nitrogens is 1. The van der Waals surface area contributed by atoms with Crippen LogP contribution in [0.2, 0.25) is 0 Å². The summed E-state index contributed by atoms with van der Waals surface area (Å²) in [6, 6.07) is 0. The van der Waals surface area contributed by atoms with Crippen molar-refractivity contribution >= 4 is 28.1 Å². The molecule has 0 aliphatic heterocycles. The van der Waals surface area contributed by atoms with Crippen LogP contribution in [0.25, 0.3) is 0 Å². The van der Waals surface area contributed by atoms with Crippen molar-refractivity contribution in [1.29, 1.82) is 0 Å². The molecule has 0 unspecified atom stereocenters. The zero-order valence-corrected chi connectivity index (χ0v) is 10.1. The molecule has 1 rings (SSSR count). The highest BCUT2D eigenvalue weighted by Crippen LogP contribution is 2.19. The largest absolute Gasteiger partial charge is 0.380 e. The molecule has 0 bridgehead atoms. The van der Waals surface area contributed by atoms with E-state index < -0.39 is 0 Å². The van der Waals surface area contributed by atoms with Crippen LogP contribution in [0.1, 0.15) is 12.6 Å². The molecule has 0 saturated carbocycles. The molecular formula is C9H15ClN2OS. The van der Waals surface area contributed by atoms with Gasteiger partial charge >= 0.3 is 0 Å². The maximum atomic E-state index is 5.67. The molecule has 0 aliphatic rings. The van der Waals surface area contributed by atoms with Crippen molar-refractivity contribution in [2.24, 2.45) is 0 Å². The minimum absolute atomic E-state index is 0.482. The Morgan fingerprint density at radius 2 is 2.43 bits per heavy atom. The van der Waals surface area contributed by atoms with Crippen LogP contribution in [0.15, 0.2) is 5.38 Å². The highest BCUT2D eigenvalue weighted by Gasteiger charge is 2.05. The second-order valence-electron chi connectivity index (χ2n) is 2.87. The summed E-state index contributed by atoms with van der Waals surface area (Å²) >= 11 is 7.29. The molecule has 1 aromatic heterocycles. The summed E-state index contributed by atoms with van der Waals surface area (Å²) in [7, 11) is 2.01. The molecule has 0 fully saturated rings. The number of thiazole rings is 1. The lowest BCUT2D eigenvalue weighted by atomic mass is 10.6. The van der Waals surface area contributed by atoms with Gasteiger partial charge in [-0.3, -0.25) is 0 Å². The maximum Gasteiger partial charge on any atom is 0.185 e. The second-order valence-corrected chi connectivity index (χ2v) is 3.98. The lowest BCUT2D eigenvalue weighted by Gasteiger charge is -2.14. The van der Waals surface area contributed by atoms with Gasteiger partial charge in [-0.25, -0.2) is 4.98 Å². The molecule has 3 nitrogen and oxygen atoms in total. The number of rotatable bonds is 6. The third kappa shape index (κ3) is 3.44. The standard InChI is InChI=1S/C9H15ClN2OS/c1-3-13-5-4-12(2)9-11-8(6-10)7-14-9/h7H,3-6H2,1-2H3. The van der Waals surface area contributed by atoms with Crippen LogP contribution in [0.3, 0.4) is 0 Å². The minimum atomic E-state index is 0.482. The summed E-state index contributed by atoms with van der Waals surface area (Å²) in [6.45, 7) is 4.36. The number of hydrogen-bond acceptors (Lipinski definition) is 4. The predicted octanol–water partition coefficient (Wildman–Crippen LogP) is 2.35. The third-order valence-electron chi connectivity index (χ3n) is 1.78. The fourth-order valence-corrected chi connectivity index (χ4v) is 2.02. The fourth-order valence-electron chi connectivity index (χ4n) is 0.974. The van der Waals surface area contributed by atoms with E-state index in [1.165, 1.54) is 0 Å². The molecule has 0 N–H and O–H groups in total. The first-order valence-electron chi connectivity index (χ1n) is 4.57. The van der Waals surface area contributed by atoms with Gasteiger partial charge in [0.1, 0.15) is 0 Å². The van der Waals surface area contributed by atoms with E-state index in [2.05, 4.69) is 9.88 Å². The van der Waals surface area contributed by atoms with Crippen molar-refractivity contribution in [2.75, 3.05) is 31.7 Å². The van der Waals surface area contributed by atoms with Gasteiger partial charge in [-0.1, -0.05) is 0 Å². The molecule has 0 aliphatic carbocycles. The predicted molar refractivity (Wildman–Crippen MR) is 61.4 cm³/mol. The first kappa shape index (κ1) is 11.8. The van der Waals surface area contributed by atoms with Crippen molar-refractivity contribution in [3.05, 3.63) is 11.1 Å². The first-order valence-corrected chi connectivity index (χ1v) is 5.98. The molecule has 5 heteroatoms. The molecule has 1 heterocycles. The summed E-state index contributed by atoms with van der Waals surface area (Å²) in [5.74, 6) is 0.482. The molecule has 0 amide bonds. The van der Waals surface area contributed by atoms with E-state index in [1.807, 2.05) is 19.4 Å². The maximum absolute atomic E-state index is 5.67. The van der Waals surface area contributed by atoms with E-state index in [4.69, 9.17) is 16.3 Å². The van der Waals surface area contributed by atoms with Gasteiger partial charge in [-0.15, -0.1) is 22.9 Å².